The van der Waals surface area contributed by atoms with E-state index in [4.69, 9.17) is 26.1 Å². The fraction of sp³-hybridized carbons (Fsp3) is 0.250. The molecule has 4 nitrogen and oxygen atoms in total. The van der Waals surface area contributed by atoms with Crippen LogP contribution >= 0.6 is 11.6 Å². The topological polar surface area (TPSA) is 47.9 Å². The van der Waals surface area contributed by atoms with Gasteiger partial charge in [0.15, 0.2) is 0 Å². The van der Waals surface area contributed by atoms with Gasteiger partial charge in [-0.3, -0.25) is 0 Å². The van der Waals surface area contributed by atoms with Crippen LogP contribution in [0.1, 0.15) is 17.5 Å². The number of hydrogen-bond acceptors (Lipinski definition) is 4. The van der Waals surface area contributed by atoms with E-state index in [-0.39, 0.29) is 5.92 Å². The zero-order chi connectivity index (χ0) is 20.3. The first kappa shape index (κ1) is 19.5. The number of methoxy groups -OCH3 is 1. The predicted molar refractivity (Wildman–Crippen MR) is 114 cm³/mol. The van der Waals surface area contributed by atoms with E-state index < -0.39 is 17.6 Å². The molecule has 5 heteroatoms. The van der Waals surface area contributed by atoms with E-state index in [0.29, 0.717) is 18.7 Å². The molecule has 148 valence electrons. The maximum atomic E-state index is 13.2. The molecule has 1 aliphatic carbocycles. The first-order valence-corrected chi connectivity index (χ1v) is 9.97. The van der Waals surface area contributed by atoms with Crippen molar-refractivity contribution >= 4 is 23.5 Å². The summed E-state index contributed by atoms with van der Waals surface area (Å²) in [4.78, 5) is 18.0. The van der Waals surface area contributed by atoms with Gasteiger partial charge in [0.05, 0.1) is 7.11 Å². The quantitative estimate of drug-likeness (QED) is 0.676. The van der Waals surface area contributed by atoms with Gasteiger partial charge in [0.2, 0.25) is 11.4 Å². The van der Waals surface area contributed by atoms with Gasteiger partial charge >= 0.3 is 5.97 Å². The van der Waals surface area contributed by atoms with Crippen molar-refractivity contribution in [3.05, 3.63) is 95.1 Å². The molecular formula is C24H22ClNO3. The number of halogens is 1. The van der Waals surface area contributed by atoms with E-state index >= 15 is 0 Å². The van der Waals surface area contributed by atoms with Gasteiger partial charge in [0.25, 0.3) is 0 Å². The van der Waals surface area contributed by atoms with Gasteiger partial charge in [-0.05, 0) is 30.2 Å². The second-order valence-electron chi connectivity index (χ2n) is 7.27. The number of carbonyl (C=O) groups excluding carboxylic acids is 1. The van der Waals surface area contributed by atoms with Crippen molar-refractivity contribution in [3.63, 3.8) is 0 Å². The van der Waals surface area contributed by atoms with Crippen molar-refractivity contribution < 1.29 is 14.3 Å². The van der Waals surface area contributed by atoms with Crippen molar-refractivity contribution in [1.29, 1.82) is 0 Å². The third kappa shape index (κ3) is 3.85. The molecule has 2 aromatic carbocycles. The van der Waals surface area contributed by atoms with Crippen molar-refractivity contribution in [3.8, 4) is 0 Å². The molecule has 3 atom stereocenters. The van der Waals surface area contributed by atoms with Crippen LogP contribution in [0, 0.1) is 5.92 Å². The molecule has 0 spiro atoms. The summed E-state index contributed by atoms with van der Waals surface area (Å²) in [6.07, 6.45) is 6.25. The summed E-state index contributed by atoms with van der Waals surface area (Å²) in [5, 5.41) is 0.729. The molecule has 4 rings (SSSR count). The van der Waals surface area contributed by atoms with Gasteiger partial charge in [-0.15, -0.1) is 0 Å². The molecule has 0 saturated carbocycles. The first-order chi connectivity index (χ1) is 14.1. The minimum atomic E-state index is -1.19. The van der Waals surface area contributed by atoms with E-state index in [1.807, 2.05) is 78.9 Å². The van der Waals surface area contributed by atoms with Crippen LogP contribution in [0.2, 0.25) is 0 Å². The van der Waals surface area contributed by atoms with Gasteiger partial charge in [0, 0.05) is 22.9 Å². The lowest BCUT2D eigenvalue weighted by Crippen LogP contribution is -2.51. The lowest BCUT2D eigenvalue weighted by atomic mass is 9.78. The SMILES string of the molecule is COC(=O)[C@@]1(Cc2ccccc2)N=C(c2ccccc2)O[C@H]1C1C=CC=C(Cl)C1. The fourth-order valence-corrected chi connectivity index (χ4v) is 4.22. The summed E-state index contributed by atoms with van der Waals surface area (Å²) >= 11 is 6.31. The van der Waals surface area contributed by atoms with Crippen LogP contribution < -0.4 is 0 Å². The van der Waals surface area contributed by atoms with Gasteiger partial charge in [-0.25, -0.2) is 9.79 Å². The number of rotatable bonds is 5. The van der Waals surface area contributed by atoms with Gasteiger partial charge in [0.1, 0.15) is 6.10 Å². The van der Waals surface area contributed by atoms with E-state index in [9.17, 15) is 4.79 Å². The van der Waals surface area contributed by atoms with Crippen LogP contribution in [0.15, 0.2) is 88.9 Å². The Morgan fingerprint density at radius 1 is 1.17 bits per heavy atom. The summed E-state index contributed by atoms with van der Waals surface area (Å²) < 4.78 is 11.6. The molecule has 0 aromatic heterocycles. The molecular weight excluding hydrogens is 386 g/mol. The predicted octanol–water partition coefficient (Wildman–Crippen LogP) is 4.69. The monoisotopic (exact) mass is 407 g/mol. The summed E-state index contributed by atoms with van der Waals surface area (Å²) in [5.41, 5.74) is 0.633. The highest BCUT2D eigenvalue weighted by Gasteiger charge is 2.56. The van der Waals surface area contributed by atoms with Gasteiger partial charge < -0.3 is 9.47 Å². The number of esters is 1. The molecule has 0 bridgehead atoms. The highest BCUT2D eigenvalue weighted by atomic mass is 35.5. The maximum Gasteiger partial charge on any atom is 0.338 e. The molecule has 0 amide bonds. The number of ether oxygens (including phenoxy) is 2. The number of nitrogens with zero attached hydrogens (tertiary/aromatic N) is 1. The Hall–Kier alpha value is -2.85. The average Bonchev–Trinajstić information content (AvgIpc) is 3.15. The molecule has 29 heavy (non-hydrogen) atoms. The summed E-state index contributed by atoms with van der Waals surface area (Å²) in [6, 6.07) is 19.5. The molecule has 0 radical (unpaired) electrons. The zero-order valence-electron chi connectivity index (χ0n) is 16.1. The second-order valence-corrected chi connectivity index (χ2v) is 7.75. The normalized spacial score (nSPS) is 25.7. The molecule has 1 unspecified atom stereocenters. The van der Waals surface area contributed by atoms with E-state index in [0.717, 1.165) is 16.2 Å². The molecule has 0 fully saturated rings. The Morgan fingerprint density at radius 3 is 2.52 bits per heavy atom. The highest BCUT2D eigenvalue weighted by Crippen LogP contribution is 2.40. The van der Waals surface area contributed by atoms with Crippen LogP contribution in [0.4, 0.5) is 0 Å². The number of carbonyl (C=O) groups is 1. The Balaban J connectivity index is 1.80. The number of benzene rings is 2. The minimum Gasteiger partial charge on any atom is -0.470 e. The number of hydrogen-bond donors (Lipinski definition) is 0. The maximum absolute atomic E-state index is 13.2. The smallest absolute Gasteiger partial charge is 0.338 e. The summed E-state index contributed by atoms with van der Waals surface area (Å²) in [6.45, 7) is 0. The lowest BCUT2D eigenvalue weighted by Gasteiger charge is -2.33. The van der Waals surface area contributed by atoms with Crippen molar-refractivity contribution in [2.75, 3.05) is 7.11 Å². The second kappa shape index (κ2) is 8.26. The fourth-order valence-electron chi connectivity index (χ4n) is 3.97. The Bertz CT molecular complexity index is 968. The third-order valence-corrected chi connectivity index (χ3v) is 5.62. The van der Waals surface area contributed by atoms with Gasteiger partial charge in [-0.1, -0.05) is 72.3 Å². The average molecular weight is 408 g/mol. The first-order valence-electron chi connectivity index (χ1n) is 9.59. The minimum absolute atomic E-state index is 0.0970. The molecule has 2 aromatic rings. The Morgan fingerprint density at radius 2 is 1.86 bits per heavy atom. The summed E-state index contributed by atoms with van der Waals surface area (Å²) in [7, 11) is 1.39. The molecule has 2 aliphatic rings. The van der Waals surface area contributed by atoms with Crippen LogP contribution in [-0.4, -0.2) is 30.6 Å². The van der Waals surface area contributed by atoms with Crippen molar-refractivity contribution in [1.82, 2.24) is 0 Å². The number of aliphatic imine (C=N–C) groups is 1. The van der Waals surface area contributed by atoms with E-state index in [2.05, 4.69) is 0 Å². The molecule has 0 saturated heterocycles. The van der Waals surface area contributed by atoms with E-state index in [1.165, 1.54) is 7.11 Å². The lowest BCUT2D eigenvalue weighted by molar-refractivity contribution is -0.150. The number of allylic oxidation sites excluding steroid dienone is 3. The van der Waals surface area contributed by atoms with Gasteiger partial charge in [-0.2, -0.15) is 0 Å². The van der Waals surface area contributed by atoms with E-state index in [1.54, 1.807) is 0 Å². The third-order valence-electron chi connectivity index (χ3n) is 5.34. The Labute approximate surface area is 175 Å². The van der Waals surface area contributed by atoms with Crippen LogP contribution in [0.3, 0.4) is 0 Å². The molecule has 1 aliphatic heterocycles. The summed E-state index contributed by atoms with van der Waals surface area (Å²) in [5.74, 6) is -0.0485. The Kier molecular flexibility index (Phi) is 5.54. The molecule has 0 N–H and O–H groups in total. The zero-order valence-corrected chi connectivity index (χ0v) is 16.9. The van der Waals surface area contributed by atoms with Crippen LogP contribution in [0.25, 0.3) is 0 Å². The standard InChI is InChI=1S/C24H22ClNO3/c1-28-23(27)24(16-17-9-4-2-5-10-17)21(19-13-8-14-20(25)15-19)29-22(26-24)18-11-6-3-7-12-18/h2-14,19,21H,15-16H2,1H3/t19?,21-,24-/m0/s1. The van der Waals surface area contributed by atoms with Crippen LogP contribution in [-0.2, 0) is 20.7 Å². The molecule has 1 heterocycles. The van der Waals surface area contributed by atoms with Crippen molar-refractivity contribution in [2.24, 2.45) is 10.9 Å². The van der Waals surface area contributed by atoms with Crippen LogP contribution in [0.5, 0.6) is 0 Å². The largest absolute Gasteiger partial charge is 0.470 e. The van der Waals surface area contributed by atoms with Crippen molar-refractivity contribution in [2.45, 2.75) is 24.5 Å². The highest BCUT2D eigenvalue weighted by molar-refractivity contribution is 6.29.